The van der Waals surface area contributed by atoms with Crippen molar-refractivity contribution in [2.75, 3.05) is 5.75 Å². The van der Waals surface area contributed by atoms with Gasteiger partial charge in [-0.25, -0.2) is 5.43 Å². The molecule has 1 amide bonds. The molecule has 0 fully saturated rings. The Hall–Kier alpha value is -3.08. The van der Waals surface area contributed by atoms with E-state index >= 15 is 0 Å². The molecule has 4 aromatic rings. The molecule has 2 aromatic carbocycles. The zero-order valence-corrected chi connectivity index (χ0v) is 21.7. The predicted octanol–water partition coefficient (Wildman–Crippen LogP) is 5.72. The van der Waals surface area contributed by atoms with E-state index in [-0.39, 0.29) is 11.7 Å². The minimum absolute atomic E-state index is 0.124. The van der Waals surface area contributed by atoms with E-state index in [0.29, 0.717) is 11.0 Å². The second kappa shape index (κ2) is 11.9. The standard InChI is InChI=1S/C24H18Br2N6OS/c25-19-8-10-21(11-9-19)32-23(18-7-4-12-27-14-18)30-31-24(32)34-16-22(33)29-28-15-20(26)13-17-5-2-1-3-6-17/h1-15H,16H2,(H,29,33). The lowest BCUT2D eigenvalue weighted by Gasteiger charge is -2.10. The van der Waals surface area contributed by atoms with Gasteiger partial charge in [-0.3, -0.25) is 14.3 Å². The number of rotatable bonds is 8. The summed E-state index contributed by atoms with van der Waals surface area (Å²) >= 11 is 8.17. The molecule has 0 radical (unpaired) electrons. The molecule has 0 atom stereocenters. The van der Waals surface area contributed by atoms with Crippen LogP contribution in [0.15, 0.2) is 98.3 Å². The summed E-state index contributed by atoms with van der Waals surface area (Å²) in [5, 5.41) is 13.3. The van der Waals surface area contributed by atoms with Crippen LogP contribution in [-0.4, -0.2) is 37.6 Å². The first kappa shape index (κ1) is 24.1. The first-order chi connectivity index (χ1) is 16.6. The third-order valence-electron chi connectivity index (χ3n) is 4.45. The van der Waals surface area contributed by atoms with Crippen molar-refractivity contribution in [3.05, 3.63) is 93.6 Å². The highest BCUT2D eigenvalue weighted by atomic mass is 79.9. The fourth-order valence-electron chi connectivity index (χ4n) is 2.94. The van der Waals surface area contributed by atoms with Crippen LogP contribution in [0.5, 0.6) is 0 Å². The van der Waals surface area contributed by atoms with Gasteiger partial charge in [-0.2, -0.15) is 5.10 Å². The average Bonchev–Trinajstić information content (AvgIpc) is 3.28. The van der Waals surface area contributed by atoms with E-state index in [4.69, 9.17) is 0 Å². The van der Waals surface area contributed by atoms with Crippen LogP contribution < -0.4 is 5.43 Å². The number of nitrogens with one attached hydrogen (secondary N) is 1. The van der Waals surface area contributed by atoms with Crippen LogP contribution in [0, 0.1) is 0 Å². The van der Waals surface area contributed by atoms with Gasteiger partial charge in [0.2, 0.25) is 0 Å². The summed E-state index contributed by atoms with van der Waals surface area (Å²) in [5.74, 6) is 0.514. The van der Waals surface area contributed by atoms with Crippen LogP contribution >= 0.6 is 43.6 Å². The minimum Gasteiger partial charge on any atom is -0.272 e. The number of carbonyl (C=O) groups is 1. The normalized spacial score (nSPS) is 11.6. The minimum atomic E-state index is -0.255. The Kier molecular flexibility index (Phi) is 8.40. The van der Waals surface area contributed by atoms with Gasteiger partial charge in [0.25, 0.3) is 5.91 Å². The molecule has 10 heteroatoms. The summed E-state index contributed by atoms with van der Waals surface area (Å²) in [6, 6.07) is 21.4. The molecule has 0 saturated carbocycles. The number of pyridine rings is 1. The molecule has 170 valence electrons. The van der Waals surface area contributed by atoms with E-state index in [9.17, 15) is 4.79 Å². The summed E-state index contributed by atoms with van der Waals surface area (Å²) in [4.78, 5) is 16.6. The molecular weight excluding hydrogens is 580 g/mol. The van der Waals surface area contributed by atoms with E-state index < -0.39 is 0 Å². The van der Waals surface area contributed by atoms with Gasteiger partial charge < -0.3 is 0 Å². The van der Waals surface area contributed by atoms with E-state index in [2.05, 4.69) is 57.6 Å². The van der Waals surface area contributed by atoms with Crippen molar-refractivity contribution in [1.82, 2.24) is 25.2 Å². The fourth-order valence-corrected chi connectivity index (χ4v) is 4.32. The van der Waals surface area contributed by atoms with Crippen LogP contribution in [0.1, 0.15) is 5.56 Å². The number of amides is 1. The van der Waals surface area contributed by atoms with Crippen molar-refractivity contribution in [1.29, 1.82) is 0 Å². The van der Waals surface area contributed by atoms with Gasteiger partial charge in [-0.1, -0.05) is 58.0 Å². The number of hydrazone groups is 1. The molecular formula is C24H18Br2N6OS. The second-order valence-electron chi connectivity index (χ2n) is 6.88. The quantitative estimate of drug-likeness (QED) is 0.159. The highest BCUT2D eigenvalue weighted by Gasteiger charge is 2.17. The van der Waals surface area contributed by atoms with Crippen LogP contribution in [0.3, 0.4) is 0 Å². The van der Waals surface area contributed by atoms with E-state index in [1.807, 2.05) is 77.4 Å². The maximum atomic E-state index is 12.4. The van der Waals surface area contributed by atoms with Crippen molar-refractivity contribution >= 4 is 61.8 Å². The van der Waals surface area contributed by atoms with Crippen molar-refractivity contribution in [3.63, 3.8) is 0 Å². The van der Waals surface area contributed by atoms with Crippen molar-refractivity contribution in [2.45, 2.75) is 5.16 Å². The van der Waals surface area contributed by atoms with Gasteiger partial charge in [0, 0.05) is 32.6 Å². The lowest BCUT2D eigenvalue weighted by molar-refractivity contribution is -0.118. The molecule has 0 bridgehead atoms. The van der Waals surface area contributed by atoms with Gasteiger partial charge in [-0.05, 0) is 64.0 Å². The maximum absolute atomic E-state index is 12.4. The summed E-state index contributed by atoms with van der Waals surface area (Å²) in [5.41, 5.74) is 5.27. The smallest absolute Gasteiger partial charge is 0.250 e. The zero-order valence-electron chi connectivity index (χ0n) is 17.7. The SMILES string of the molecule is O=C(CSc1nnc(-c2cccnc2)n1-c1ccc(Br)cc1)NN=CC(Br)=Cc1ccccc1. The average molecular weight is 598 g/mol. The number of carbonyl (C=O) groups excluding carboxylic acids is 1. The van der Waals surface area contributed by atoms with Crippen LogP contribution in [-0.2, 0) is 4.79 Å². The fraction of sp³-hybridized carbons (Fsp3) is 0.0417. The highest BCUT2D eigenvalue weighted by molar-refractivity contribution is 9.12. The molecule has 7 nitrogen and oxygen atoms in total. The summed E-state index contributed by atoms with van der Waals surface area (Å²) < 4.78 is 3.61. The van der Waals surface area contributed by atoms with Crippen molar-refractivity contribution in [3.8, 4) is 17.1 Å². The molecule has 2 aromatic heterocycles. The summed E-state index contributed by atoms with van der Waals surface area (Å²) in [6.45, 7) is 0. The van der Waals surface area contributed by atoms with Gasteiger partial charge in [0.1, 0.15) is 0 Å². The van der Waals surface area contributed by atoms with Crippen LogP contribution in [0.2, 0.25) is 0 Å². The number of hydrogen-bond acceptors (Lipinski definition) is 6. The summed E-state index contributed by atoms with van der Waals surface area (Å²) in [7, 11) is 0. The molecule has 0 unspecified atom stereocenters. The van der Waals surface area contributed by atoms with Crippen LogP contribution in [0.4, 0.5) is 0 Å². The monoisotopic (exact) mass is 596 g/mol. The Labute approximate surface area is 217 Å². The Bertz CT molecular complexity index is 1310. The Morgan fingerprint density at radius 1 is 1.06 bits per heavy atom. The Morgan fingerprint density at radius 3 is 2.59 bits per heavy atom. The number of benzene rings is 2. The molecule has 2 heterocycles. The van der Waals surface area contributed by atoms with Crippen LogP contribution in [0.25, 0.3) is 23.2 Å². The highest BCUT2D eigenvalue weighted by Crippen LogP contribution is 2.28. The van der Waals surface area contributed by atoms with E-state index in [1.54, 1.807) is 18.6 Å². The largest absolute Gasteiger partial charge is 0.272 e. The third-order valence-corrected chi connectivity index (χ3v) is 6.34. The zero-order chi connectivity index (χ0) is 23.8. The van der Waals surface area contributed by atoms with E-state index in [0.717, 1.165) is 25.8 Å². The maximum Gasteiger partial charge on any atom is 0.250 e. The Morgan fingerprint density at radius 2 is 1.85 bits per heavy atom. The predicted molar refractivity (Wildman–Crippen MR) is 143 cm³/mol. The molecule has 0 aliphatic carbocycles. The van der Waals surface area contributed by atoms with E-state index in [1.165, 1.54) is 11.8 Å². The summed E-state index contributed by atoms with van der Waals surface area (Å²) in [6.07, 6.45) is 6.89. The molecule has 4 rings (SSSR count). The number of halogens is 2. The molecule has 1 N–H and O–H groups in total. The number of aromatic nitrogens is 4. The molecule has 0 aliphatic rings. The third kappa shape index (κ3) is 6.49. The second-order valence-corrected chi connectivity index (χ2v) is 9.66. The first-order valence-corrected chi connectivity index (χ1v) is 12.7. The Balaban J connectivity index is 1.45. The first-order valence-electron chi connectivity index (χ1n) is 10.1. The number of thioether (sulfide) groups is 1. The van der Waals surface area contributed by atoms with Crippen molar-refractivity contribution < 1.29 is 4.79 Å². The number of nitrogens with zero attached hydrogens (tertiary/aromatic N) is 5. The number of hydrogen-bond donors (Lipinski definition) is 1. The molecule has 0 spiro atoms. The van der Waals surface area contributed by atoms with Gasteiger partial charge in [-0.15, -0.1) is 10.2 Å². The number of allylic oxidation sites excluding steroid dienone is 1. The van der Waals surface area contributed by atoms with Crippen molar-refractivity contribution in [2.24, 2.45) is 5.10 Å². The lowest BCUT2D eigenvalue weighted by Crippen LogP contribution is -2.19. The topological polar surface area (TPSA) is 85.1 Å². The van der Waals surface area contributed by atoms with Gasteiger partial charge in [0.15, 0.2) is 11.0 Å². The molecule has 0 saturated heterocycles. The van der Waals surface area contributed by atoms with Gasteiger partial charge >= 0.3 is 0 Å². The molecule has 0 aliphatic heterocycles. The molecule has 34 heavy (non-hydrogen) atoms. The lowest BCUT2D eigenvalue weighted by atomic mass is 10.2. The van der Waals surface area contributed by atoms with Gasteiger partial charge in [0.05, 0.1) is 12.0 Å².